The molecular weight excluding hydrogens is 407 g/mol. The molecule has 0 bridgehead atoms. The number of carbonyl (C=O) groups is 2. The Morgan fingerprint density at radius 1 is 1.16 bits per heavy atom. The minimum absolute atomic E-state index is 0.0108. The van der Waals surface area contributed by atoms with Gasteiger partial charge in [-0.1, -0.05) is 49.6 Å². The highest BCUT2D eigenvalue weighted by molar-refractivity contribution is 6.02. The van der Waals surface area contributed by atoms with Gasteiger partial charge >= 0.3 is 0 Å². The summed E-state index contributed by atoms with van der Waals surface area (Å²) in [4.78, 5) is 29.1. The van der Waals surface area contributed by atoms with Gasteiger partial charge in [0.15, 0.2) is 0 Å². The Morgan fingerprint density at radius 3 is 2.69 bits per heavy atom. The zero-order chi connectivity index (χ0) is 22.6. The standard InChI is InChI=1S/C26H31FN2O3/c1-32-17-16-29-25(31)22-11-4-3-10-21(22)23(26(29)13-5-2-6-14-26)24(30)28-15-12-19-8-7-9-20(27)18-19/h3-4,7-11,18,23H,2,5-6,12-17H2,1H3,(H,28,30). The van der Waals surface area contributed by atoms with Crippen LogP contribution in [0.25, 0.3) is 0 Å². The molecule has 2 aromatic carbocycles. The Labute approximate surface area is 188 Å². The maximum atomic E-state index is 13.7. The van der Waals surface area contributed by atoms with Crippen LogP contribution in [0.2, 0.25) is 0 Å². The quantitative estimate of drug-likeness (QED) is 0.709. The second-order valence-electron chi connectivity index (χ2n) is 8.81. The second kappa shape index (κ2) is 9.82. The first kappa shape index (κ1) is 22.5. The van der Waals surface area contributed by atoms with E-state index in [4.69, 9.17) is 4.74 Å². The number of rotatable bonds is 7. The van der Waals surface area contributed by atoms with E-state index in [0.29, 0.717) is 31.7 Å². The Bertz CT molecular complexity index is 971. The van der Waals surface area contributed by atoms with Crippen molar-refractivity contribution >= 4 is 11.8 Å². The van der Waals surface area contributed by atoms with Crippen LogP contribution in [0.3, 0.4) is 0 Å². The molecule has 2 amide bonds. The van der Waals surface area contributed by atoms with Crippen molar-refractivity contribution in [2.45, 2.75) is 50.0 Å². The Morgan fingerprint density at radius 2 is 1.94 bits per heavy atom. The van der Waals surface area contributed by atoms with Crippen molar-refractivity contribution in [2.75, 3.05) is 26.8 Å². The van der Waals surface area contributed by atoms with E-state index in [1.807, 2.05) is 35.2 Å². The van der Waals surface area contributed by atoms with E-state index in [2.05, 4.69) is 5.32 Å². The van der Waals surface area contributed by atoms with Crippen LogP contribution in [0.15, 0.2) is 48.5 Å². The molecule has 0 saturated heterocycles. The van der Waals surface area contributed by atoms with Crippen LogP contribution in [0, 0.1) is 5.82 Å². The molecule has 32 heavy (non-hydrogen) atoms. The minimum Gasteiger partial charge on any atom is -0.383 e. The van der Waals surface area contributed by atoms with E-state index in [0.717, 1.165) is 43.2 Å². The predicted octanol–water partition coefficient (Wildman–Crippen LogP) is 4.07. The summed E-state index contributed by atoms with van der Waals surface area (Å²) in [6.07, 6.45) is 5.26. The average Bonchev–Trinajstić information content (AvgIpc) is 2.80. The van der Waals surface area contributed by atoms with Gasteiger partial charge in [-0.15, -0.1) is 0 Å². The van der Waals surface area contributed by atoms with E-state index < -0.39 is 11.5 Å². The van der Waals surface area contributed by atoms with Crippen molar-refractivity contribution in [3.8, 4) is 0 Å². The van der Waals surface area contributed by atoms with Crippen LogP contribution in [0.1, 0.15) is 59.5 Å². The number of ether oxygens (including phenoxy) is 1. The molecule has 5 nitrogen and oxygen atoms in total. The molecule has 1 unspecified atom stereocenters. The van der Waals surface area contributed by atoms with E-state index in [9.17, 15) is 14.0 Å². The molecule has 4 rings (SSSR count). The molecule has 1 aliphatic carbocycles. The van der Waals surface area contributed by atoms with E-state index in [1.165, 1.54) is 12.1 Å². The van der Waals surface area contributed by atoms with Crippen LogP contribution in [-0.4, -0.2) is 49.1 Å². The maximum absolute atomic E-state index is 13.7. The lowest BCUT2D eigenvalue weighted by atomic mass is 9.65. The van der Waals surface area contributed by atoms with Gasteiger partial charge in [0.2, 0.25) is 5.91 Å². The number of fused-ring (bicyclic) bond motifs is 1. The minimum atomic E-state index is -0.537. The highest BCUT2D eigenvalue weighted by Crippen LogP contribution is 2.49. The van der Waals surface area contributed by atoms with Crippen molar-refractivity contribution in [2.24, 2.45) is 0 Å². The van der Waals surface area contributed by atoms with Gasteiger partial charge in [0.05, 0.1) is 18.1 Å². The summed E-state index contributed by atoms with van der Waals surface area (Å²) < 4.78 is 18.8. The molecular formula is C26H31FN2O3. The normalized spacial score (nSPS) is 19.6. The van der Waals surface area contributed by atoms with Crippen LogP contribution in [0.5, 0.6) is 0 Å². The molecule has 170 valence electrons. The van der Waals surface area contributed by atoms with Crippen molar-refractivity contribution in [1.82, 2.24) is 10.2 Å². The fraction of sp³-hybridized carbons (Fsp3) is 0.462. The molecule has 1 atom stereocenters. The van der Waals surface area contributed by atoms with Crippen LogP contribution < -0.4 is 5.32 Å². The lowest BCUT2D eigenvalue weighted by Gasteiger charge is -2.53. The van der Waals surface area contributed by atoms with Gasteiger partial charge in [-0.3, -0.25) is 9.59 Å². The summed E-state index contributed by atoms with van der Waals surface area (Å²) in [6.45, 7) is 1.32. The molecule has 1 spiro atoms. The second-order valence-corrected chi connectivity index (χ2v) is 8.81. The highest BCUT2D eigenvalue weighted by atomic mass is 19.1. The number of nitrogens with one attached hydrogen (secondary N) is 1. The summed E-state index contributed by atoms with van der Waals surface area (Å²) in [5, 5.41) is 3.09. The molecule has 2 aliphatic rings. The van der Waals surface area contributed by atoms with E-state index >= 15 is 0 Å². The third-order valence-corrected chi connectivity index (χ3v) is 6.92. The van der Waals surface area contributed by atoms with Crippen molar-refractivity contribution in [3.63, 3.8) is 0 Å². The summed E-state index contributed by atoms with van der Waals surface area (Å²) in [5.74, 6) is -0.779. The summed E-state index contributed by atoms with van der Waals surface area (Å²) in [6, 6.07) is 14.0. The summed E-state index contributed by atoms with van der Waals surface area (Å²) in [5.41, 5.74) is 1.73. The lowest BCUT2D eigenvalue weighted by Crippen LogP contribution is -2.63. The number of halogens is 1. The zero-order valence-electron chi connectivity index (χ0n) is 18.6. The molecule has 1 saturated carbocycles. The van der Waals surface area contributed by atoms with Gasteiger partial charge in [0.1, 0.15) is 5.82 Å². The SMILES string of the molecule is COCCN1C(=O)c2ccccc2C(C(=O)NCCc2cccc(F)c2)C12CCCCC2. The molecule has 0 aromatic heterocycles. The fourth-order valence-electron chi connectivity index (χ4n) is 5.48. The molecule has 0 radical (unpaired) electrons. The van der Waals surface area contributed by atoms with Crippen molar-refractivity contribution in [1.29, 1.82) is 0 Å². The van der Waals surface area contributed by atoms with Gasteiger partial charge in [0.25, 0.3) is 5.91 Å². The van der Waals surface area contributed by atoms with Crippen LogP contribution >= 0.6 is 0 Å². The number of hydrogen-bond acceptors (Lipinski definition) is 3. The molecule has 6 heteroatoms. The first-order chi connectivity index (χ1) is 15.6. The van der Waals surface area contributed by atoms with E-state index in [1.54, 1.807) is 13.2 Å². The first-order valence-electron chi connectivity index (χ1n) is 11.5. The average molecular weight is 439 g/mol. The Hall–Kier alpha value is -2.73. The van der Waals surface area contributed by atoms with Gasteiger partial charge in [-0.05, 0) is 48.6 Å². The largest absolute Gasteiger partial charge is 0.383 e. The molecule has 1 fully saturated rings. The third-order valence-electron chi connectivity index (χ3n) is 6.92. The molecule has 1 N–H and O–H groups in total. The lowest BCUT2D eigenvalue weighted by molar-refractivity contribution is -0.127. The molecule has 1 aliphatic heterocycles. The first-order valence-corrected chi connectivity index (χ1v) is 11.5. The molecule has 2 aromatic rings. The van der Waals surface area contributed by atoms with E-state index in [-0.39, 0.29) is 17.6 Å². The Balaban J connectivity index is 1.64. The zero-order valence-corrected chi connectivity index (χ0v) is 18.6. The van der Waals surface area contributed by atoms with Crippen molar-refractivity contribution < 1.29 is 18.7 Å². The number of amides is 2. The third kappa shape index (κ3) is 4.29. The predicted molar refractivity (Wildman–Crippen MR) is 121 cm³/mol. The maximum Gasteiger partial charge on any atom is 0.254 e. The topological polar surface area (TPSA) is 58.6 Å². The number of carbonyl (C=O) groups excluding carboxylic acids is 2. The Kier molecular flexibility index (Phi) is 6.89. The summed E-state index contributed by atoms with van der Waals surface area (Å²) in [7, 11) is 1.63. The highest BCUT2D eigenvalue weighted by Gasteiger charge is 2.54. The van der Waals surface area contributed by atoms with Gasteiger partial charge in [-0.2, -0.15) is 0 Å². The number of methoxy groups -OCH3 is 1. The number of benzene rings is 2. The fourth-order valence-corrected chi connectivity index (χ4v) is 5.48. The monoisotopic (exact) mass is 438 g/mol. The van der Waals surface area contributed by atoms with Gasteiger partial charge in [0, 0.05) is 25.8 Å². The van der Waals surface area contributed by atoms with Crippen molar-refractivity contribution in [3.05, 3.63) is 71.0 Å². The number of hydrogen-bond donors (Lipinski definition) is 1. The summed E-state index contributed by atoms with van der Waals surface area (Å²) >= 11 is 0. The van der Waals surface area contributed by atoms with Crippen LogP contribution in [-0.2, 0) is 16.0 Å². The van der Waals surface area contributed by atoms with Crippen LogP contribution in [0.4, 0.5) is 4.39 Å². The van der Waals surface area contributed by atoms with Gasteiger partial charge in [-0.25, -0.2) is 4.39 Å². The smallest absolute Gasteiger partial charge is 0.254 e. The van der Waals surface area contributed by atoms with Gasteiger partial charge < -0.3 is 15.0 Å². The molecule has 1 heterocycles. The number of nitrogens with zero attached hydrogens (tertiary/aromatic N) is 1.